The molecule has 4 rings (SSSR count). The zero-order chi connectivity index (χ0) is 22.8. The molecule has 1 amide bonds. The van der Waals surface area contributed by atoms with Crippen molar-refractivity contribution >= 4 is 22.5 Å². The second kappa shape index (κ2) is 8.63. The second-order valence-electron chi connectivity index (χ2n) is 7.72. The van der Waals surface area contributed by atoms with Crippen LogP contribution in [0.4, 0.5) is 10.1 Å². The summed E-state index contributed by atoms with van der Waals surface area (Å²) in [6, 6.07) is 18.0. The van der Waals surface area contributed by atoms with Crippen LogP contribution in [0.15, 0.2) is 76.3 Å². The summed E-state index contributed by atoms with van der Waals surface area (Å²) in [7, 11) is 0. The van der Waals surface area contributed by atoms with E-state index in [1.807, 2.05) is 32.0 Å². The van der Waals surface area contributed by atoms with Crippen LogP contribution in [-0.4, -0.2) is 15.0 Å². The molecule has 0 spiro atoms. The highest BCUT2D eigenvalue weighted by atomic mass is 19.1. The molecule has 4 aromatic rings. The lowest BCUT2D eigenvalue weighted by atomic mass is 10.1. The lowest BCUT2D eigenvalue weighted by molar-refractivity contribution is -0.116. The van der Waals surface area contributed by atoms with E-state index in [-0.39, 0.29) is 19.0 Å². The first kappa shape index (κ1) is 21.2. The van der Waals surface area contributed by atoms with E-state index >= 15 is 0 Å². The van der Waals surface area contributed by atoms with Crippen LogP contribution in [0.2, 0.25) is 0 Å². The minimum absolute atomic E-state index is 0.0265. The van der Waals surface area contributed by atoms with Crippen molar-refractivity contribution in [2.75, 3.05) is 5.32 Å². The van der Waals surface area contributed by atoms with Crippen LogP contribution in [0.1, 0.15) is 16.7 Å². The SMILES string of the molecule is Cc1cccc(C)c1NC(=O)Cn1c(=O)n(Cc2ccc(F)cc2)c(=O)c2ccccc21. The maximum atomic E-state index is 13.3. The minimum Gasteiger partial charge on any atom is -0.324 e. The van der Waals surface area contributed by atoms with Gasteiger partial charge in [0, 0.05) is 5.69 Å². The fourth-order valence-corrected chi connectivity index (χ4v) is 3.77. The van der Waals surface area contributed by atoms with Gasteiger partial charge in [-0.25, -0.2) is 9.18 Å². The molecule has 6 nitrogen and oxygen atoms in total. The van der Waals surface area contributed by atoms with Crippen LogP contribution < -0.4 is 16.6 Å². The summed E-state index contributed by atoms with van der Waals surface area (Å²) in [6.07, 6.45) is 0. The number of halogens is 1. The first-order chi connectivity index (χ1) is 15.3. The zero-order valence-corrected chi connectivity index (χ0v) is 17.8. The molecule has 32 heavy (non-hydrogen) atoms. The van der Waals surface area contributed by atoms with Gasteiger partial charge < -0.3 is 5.32 Å². The third kappa shape index (κ3) is 4.09. The number of anilines is 1. The fraction of sp³-hybridized carbons (Fsp3) is 0.160. The number of rotatable bonds is 5. The topological polar surface area (TPSA) is 73.1 Å². The summed E-state index contributed by atoms with van der Waals surface area (Å²) in [5.41, 5.74) is 2.46. The number of carbonyl (C=O) groups is 1. The van der Waals surface area contributed by atoms with Crippen LogP contribution in [0.25, 0.3) is 10.9 Å². The molecule has 0 aliphatic rings. The quantitative estimate of drug-likeness (QED) is 0.525. The lowest BCUT2D eigenvalue weighted by Crippen LogP contribution is -2.42. The Labute approximate surface area is 183 Å². The molecule has 1 aromatic heterocycles. The van der Waals surface area contributed by atoms with Crippen molar-refractivity contribution in [1.29, 1.82) is 0 Å². The van der Waals surface area contributed by atoms with E-state index in [1.54, 1.807) is 24.3 Å². The monoisotopic (exact) mass is 431 g/mol. The average Bonchev–Trinajstić information content (AvgIpc) is 2.78. The van der Waals surface area contributed by atoms with Gasteiger partial charge in [0.05, 0.1) is 17.4 Å². The van der Waals surface area contributed by atoms with Crippen molar-refractivity contribution in [2.24, 2.45) is 0 Å². The van der Waals surface area contributed by atoms with Gasteiger partial charge in [0.1, 0.15) is 12.4 Å². The second-order valence-corrected chi connectivity index (χ2v) is 7.72. The van der Waals surface area contributed by atoms with E-state index in [0.29, 0.717) is 22.2 Å². The van der Waals surface area contributed by atoms with Crippen LogP contribution in [0.3, 0.4) is 0 Å². The predicted molar refractivity (Wildman–Crippen MR) is 123 cm³/mol. The molecule has 162 valence electrons. The van der Waals surface area contributed by atoms with Gasteiger partial charge in [-0.2, -0.15) is 0 Å². The van der Waals surface area contributed by atoms with E-state index in [0.717, 1.165) is 15.7 Å². The van der Waals surface area contributed by atoms with Gasteiger partial charge in [0.2, 0.25) is 5.91 Å². The number of benzene rings is 3. The van der Waals surface area contributed by atoms with Gasteiger partial charge in [-0.15, -0.1) is 0 Å². The number of aromatic nitrogens is 2. The van der Waals surface area contributed by atoms with Crippen LogP contribution in [0, 0.1) is 19.7 Å². The Morgan fingerprint density at radius 2 is 1.53 bits per heavy atom. The largest absolute Gasteiger partial charge is 0.332 e. The Morgan fingerprint density at radius 3 is 2.22 bits per heavy atom. The number of aryl methyl sites for hydroxylation is 2. The highest BCUT2D eigenvalue weighted by Crippen LogP contribution is 2.19. The van der Waals surface area contributed by atoms with E-state index in [1.165, 1.54) is 28.8 Å². The number of hydrogen-bond donors (Lipinski definition) is 1. The van der Waals surface area contributed by atoms with Crippen LogP contribution in [-0.2, 0) is 17.9 Å². The van der Waals surface area contributed by atoms with Crippen molar-refractivity contribution in [3.05, 3.63) is 110 Å². The molecule has 0 saturated heterocycles. The summed E-state index contributed by atoms with van der Waals surface area (Å²) in [6.45, 7) is 3.51. The molecule has 0 aliphatic carbocycles. The number of carbonyl (C=O) groups excluding carboxylic acids is 1. The van der Waals surface area contributed by atoms with E-state index in [4.69, 9.17) is 0 Å². The molecule has 0 fully saturated rings. The molecular formula is C25H22FN3O3. The van der Waals surface area contributed by atoms with Crippen molar-refractivity contribution in [3.63, 3.8) is 0 Å². The van der Waals surface area contributed by atoms with Crippen LogP contribution >= 0.6 is 0 Å². The first-order valence-corrected chi connectivity index (χ1v) is 10.2. The lowest BCUT2D eigenvalue weighted by Gasteiger charge is -2.15. The number of hydrogen-bond acceptors (Lipinski definition) is 3. The minimum atomic E-state index is -0.602. The number of fused-ring (bicyclic) bond motifs is 1. The third-order valence-corrected chi connectivity index (χ3v) is 5.43. The summed E-state index contributed by atoms with van der Waals surface area (Å²) in [4.78, 5) is 39.2. The predicted octanol–water partition coefficient (Wildman–Crippen LogP) is 3.61. The van der Waals surface area contributed by atoms with E-state index in [9.17, 15) is 18.8 Å². The van der Waals surface area contributed by atoms with E-state index in [2.05, 4.69) is 5.32 Å². The molecule has 0 aliphatic heterocycles. The molecule has 0 saturated carbocycles. The van der Waals surface area contributed by atoms with Gasteiger partial charge in [-0.3, -0.25) is 18.7 Å². The first-order valence-electron chi connectivity index (χ1n) is 10.2. The smallest absolute Gasteiger partial charge is 0.324 e. The molecule has 1 N–H and O–H groups in total. The van der Waals surface area contributed by atoms with Crippen molar-refractivity contribution in [1.82, 2.24) is 9.13 Å². The Balaban J connectivity index is 1.76. The van der Waals surface area contributed by atoms with Gasteiger partial charge >= 0.3 is 5.69 Å². The van der Waals surface area contributed by atoms with Gasteiger partial charge in [-0.05, 0) is 54.8 Å². The average molecular weight is 431 g/mol. The third-order valence-electron chi connectivity index (χ3n) is 5.43. The highest BCUT2D eigenvalue weighted by molar-refractivity contribution is 5.93. The van der Waals surface area contributed by atoms with Crippen LogP contribution in [0.5, 0.6) is 0 Å². The Bertz CT molecular complexity index is 1420. The number of nitrogens with one attached hydrogen (secondary N) is 1. The van der Waals surface area contributed by atoms with Crippen molar-refractivity contribution in [2.45, 2.75) is 26.9 Å². The molecule has 0 unspecified atom stereocenters. The van der Waals surface area contributed by atoms with Gasteiger partial charge in [0.25, 0.3) is 5.56 Å². The zero-order valence-electron chi connectivity index (χ0n) is 17.8. The molecule has 1 heterocycles. The van der Waals surface area contributed by atoms with Crippen molar-refractivity contribution in [3.8, 4) is 0 Å². The van der Waals surface area contributed by atoms with Gasteiger partial charge in [-0.1, -0.05) is 42.5 Å². The fourth-order valence-electron chi connectivity index (χ4n) is 3.77. The number of amides is 1. The Hall–Kier alpha value is -4.00. The van der Waals surface area contributed by atoms with Gasteiger partial charge in [0.15, 0.2) is 0 Å². The highest BCUT2D eigenvalue weighted by Gasteiger charge is 2.16. The van der Waals surface area contributed by atoms with Crippen molar-refractivity contribution < 1.29 is 9.18 Å². The maximum Gasteiger partial charge on any atom is 0.332 e. The van der Waals surface area contributed by atoms with E-state index < -0.39 is 17.1 Å². The molecular weight excluding hydrogens is 409 g/mol. The summed E-state index contributed by atoms with van der Waals surface area (Å²) >= 11 is 0. The summed E-state index contributed by atoms with van der Waals surface area (Å²) < 4.78 is 15.6. The summed E-state index contributed by atoms with van der Waals surface area (Å²) in [5, 5.41) is 3.21. The Morgan fingerprint density at radius 1 is 0.875 bits per heavy atom. The standard InChI is InChI=1S/C25H22FN3O3/c1-16-6-5-7-17(2)23(16)27-22(30)15-28-21-9-4-3-8-20(21)24(31)29(25(28)32)14-18-10-12-19(26)13-11-18/h3-13H,14-15H2,1-2H3,(H,27,30). The Kier molecular flexibility index (Phi) is 5.73. The maximum absolute atomic E-state index is 13.3. The molecule has 0 bridgehead atoms. The molecule has 0 atom stereocenters. The number of nitrogens with zero attached hydrogens (tertiary/aromatic N) is 2. The molecule has 0 radical (unpaired) electrons. The normalized spacial score (nSPS) is 11.0. The molecule has 3 aromatic carbocycles. The summed E-state index contributed by atoms with van der Waals surface area (Å²) in [5.74, 6) is -0.776. The number of para-hydroxylation sites is 2. The molecule has 7 heteroatoms.